The second-order valence-electron chi connectivity index (χ2n) is 4.15. The van der Waals surface area contributed by atoms with Crippen molar-refractivity contribution in [3.8, 4) is 0 Å². The van der Waals surface area contributed by atoms with E-state index in [-0.39, 0.29) is 36.0 Å². The highest BCUT2D eigenvalue weighted by atomic mass is 79.9. The smallest absolute Gasteiger partial charge is 0.338 e. The van der Waals surface area contributed by atoms with Crippen LogP contribution in [-0.4, -0.2) is 40.6 Å². The minimum absolute atomic E-state index is 0. The van der Waals surface area contributed by atoms with Crippen molar-refractivity contribution in [3.63, 3.8) is 0 Å². The molecular formula is C13H20BrClN2O4S. The van der Waals surface area contributed by atoms with Crippen LogP contribution in [0.5, 0.6) is 0 Å². The molecule has 1 aromatic rings. The van der Waals surface area contributed by atoms with Crippen LogP contribution >= 0.6 is 28.3 Å². The Balaban J connectivity index is 0.00000441. The summed E-state index contributed by atoms with van der Waals surface area (Å²) in [6.07, 6.45) is 0. The number of sulfonamides is 1. The number of esters is 1. The largest absolute Gasteiger partial charge is 0.462 e. The first-order valence-corrected chi connectivity index (χ1v) is 8.86. The van der Waals surface area contributed by atoms with E-state index in [4.69, 9.17) is 4.74 Å². The third-order valence-electron chi connectivity index (χ3n) is 2.54. The van der Waals surface area contributed by atoms with Crippen molar-refractivity contribution in [2.45, 2.75) is 18.7 Å². The number of carbonyl (C=O) groups excluding carboxylic acids is 1. The number of hydrogen-bond donors (Lipinski definition) is 2. The molecule has 0 unspecified atom stereocenters. The molecule has 6 nitrogen and oxygen atoms in total. The molecule has 0 aliphatic rings. The summed E-state index contributed by atoms with van der Waals surface area (Å²) < 4.78 is 32.2. The van der Waals surface area contributed by atoms with E-state index in [2.05, 4.69) is 26.0 Å². The average molecular weight is 416 g/mol. The van der Waals surface area contributed by atoms with Gasteiger partial charge in [0.1, 0.15) is 0 Å². The van der Waals surface area contributed by atoms with Gasteiger partial charge in [-0.25, -0.2) is 17.9 Å². The van der Waals surface area contributed by atoms with Gasteiger partial charge in [0, 0.05) is 17.6 Å². The van der Waals surface area contributed by atoms with Gasteiger partial charge in [-0.2, -0.15) is 0 Å². The maximum absolute atomic E-state index is 12.2. The molecule has 0 saturated carbocycles. The molecule has 1 aromatic carbocycles. The van der Waals surface area contributed by atoms with Crippen molar-refractivity contribution in [2.24, 2.45) is 0 Å². The molecule has 0 radical (unpaired) electrons. The fourth-order valence-electron chi connectivity index (χ4n) is 1.58. The van der Waals surface area contributed by atoms with Crippen molar-refractivity contribution < 1.29 is 17.9 Å². The number of halogens is 2. The monoisotopic (exact) mass is 414 g/mol. The van der Waals surface area contributed by atoms with E-state index in [1.54, 1.807) is 6.92 Å². The van der Waals surface area contributed by atoms with Crippen LogP contribution < -0.4 is 10.0 Å². The summed E-state index contributed by atoms with van der Waals surface area (Å²) in [5.74, 6) is -0.553. The topological polar surface area (TPSA) is 84.5 Å². The predicted octanol–water partition coefficient (Wildman–Crippen LogP) is 1.94. The van der Waals surface area contributed by atoms with Crippen molar-refractivity contribution in [3.05, 3.63) is 28.2 Å². The highest BCUT2D eigenvalue weighted by molar-refractivity contribution is 9.10. The number of likely N-dealkylation sites (N-methyl/N-ethyl adjacent to an activating group) is 1. The van der Waals surface area contributed by atoms with E-state index in [9.17, 15) is 13.2 Å². The highest BCUT2D eigenvalue weighted by Crippen LogP contribution is 2.20. The van der Waals surface area contributed by atoms with Gasteiger partial charge in [-0.3, -0.25) is 0 Å². The summed E-state index contributed by atoms with van der Waals surface area (Å²) >= 11 is 3.21. The Bertz CT molecular complexity index is 596. The van der Waals surface area contributed by atoms with Gasteiger partial charge in [0.05, 0.1) is 17.1 Å². The summed E-state index contributed by atoms with van der Waals surface area (Å²) in [7, 11) is -3.66. The standard InChI is InChI=1S/C13H19BrN2O4S.ClH/c1-3-15-5-6-16-21(18,19)12-8-10(7-11(14)9-12)13(17)20-4-2;/h7-9,15-16H,3-6H2,1-2H3;1H. The first-order valence-electron chi connectivity index (χ1n) is 6.58. The van der Waals surface area contributed by atoms with Crippen LogP contribution in [0.2, 0.25) is 0 Å². The van der Waals surface area contributed by atoms with Gasteiger partial charge in [-0.15, -0.1) is 12.4 Å². The molecule has 0 amide bonds. The molecule has 0 saturated heterocycles. The van der Waals surface area contributed by atoms with E-state index >= 15 is 0 Å². The Morgan fingerprint density at radius 1 is 1.23 bits per heavy atom. The molecule has 0 heterocycles. The van der Waals surface area contributed by atoms with E-state index in [1.165, 1.54) is 18.2 Å². The van der Waals surface area contributed by atoms with Crippen LogP contribution in [0.4, 0.5) is 0 Å². The fourth-order valence-corrected chi connectivity index (χ4v) is 3.33. The molecule has 0 atom stereocenters. The molecule has 0 aliphatic heterocycles. The van der Waals surface area contributed by atoms with Crippen LogP contribution in [-0.2, 0) is 14.8 Å². The Morgan fingerprint density at radius 3 is 2.50 bits per heavy atom. The Morgan fingerprint density at radius 2 is 1.91 bits per heavy atom. The molecule has 0 aliphatic carbocycles. The van der Waals surface area contributed by atoms with E-state index in [1.807, 2.05) is 6.92 Å². The molecule has 0 aromatic heterocycles. The average Bonchev–Trinajstić information content (AvgIpc) is 2.43. The van der Waals surface area contributed by atoms with Crippen molar-refractivity contribution in [2.75, 3.05) is 26.2 Å². The van der Waals surface area contributed by atoms with Crippen LogP contribution in [0.1, 0.15) is 24.2 Å². The zero-order chi connectivity index (χ0) is 15.9. The second-order valence-corrected chi connectivity index (χ2v) is 6.83. The lowest BCUT2D eigenvalue weighted by atomic mass is 10.2. The van der Waals surface area contributed by atoms with Crippen LogP contribution in [0.25, 0.3) is 0 Å². The minimum Gasteiger partial charge on any atom is -0.462 e. The summed E-state index contributed by atoms with van der Waals surface area (Å²) in [4.78, 5) is 11.7. The first-order chi connectivity index (χ1) is 9.90. The lowest BCUT2D eigenvalue weighted by Gasteiger charge is -2.09. The number of nitrogens with one attached hydrogen (secondary N) is 2. The quantitative estimate of drug-likeness (QED) is 0.501. The van der Waals surface area contributed by atoms with Gasteiger partial charge < -0.3 is 10.1 Å². The maximum Gasteiger partial charge on any atom is 0.338 e. The van der Waals surface area contributed by atoms with Crippen LogP contribution in [0.3, 0.4) is 0 Å². The van der Waals surface area contributed by atoms with Gasteiger partial charge in [-0.05, 0) is 31.7 Å². The molecule has 9 heteroatoms. The van der Waals surface area contributed by atoms with Crippen molar-refractivity contribution in [1.29, 1.82) is 0 Å². The summed E-state index contributed by atoms with van der Waals surface area (Å²) in [6, 6.07) is 4.27. The Kier molecular flexibility index (Phi) is 9.86. The Labute approximate surface area is 145 Å². The summed E-state index contributed by atoms with van der Waals surface area (Å²) in [5, 5.41) is 3.02. The number of benzene rings is 1. The first kappa shape index (κ1) is 21.3. The van der Waals surface area contributed by atoms with Crippen LogP contribution in [0, 0.1) is 0 Å². The van der Waals surface area contributed by atoms with E-state index in [0.717, 1.165) is 6.54 Å². The molecule has 0 spiro atoms. The summed E-state index contributed by atoms with van der Waals surface area (Å²) in [5.41, 5.74) is 0.193. The molecule has 0 fully saturated rings. The number of rotatable bonds is 8. The van der Waals surface area contributed by atoms with Gasteiger partial charge >= 0.3 is 5.97 Å². The van der Waals surface area contributed by atoms with E-state index in [0.29, 0.717) is 11.0 Å². The summed E-state index contributed by atoms with van der Waals surface area (Å²) in [6.45, 7) is 5.44. The maximum atomic E-state index is 12.2. The van der Waals surface area contributed by atoms with Gasteiger partial charge in [0.15, 0.2) is 0 Å². The normalized spacial score (nSPS) is 10.9. The third kappa shape index (κ3) is 6.62. The molecule has 0 bridgehead atoms. The number of ether oxygens (including phenoxy) is 1. The fraction of sp³-hybridized carbons (Fsp3) is 0.462. The zero-order valence-electron chi connectivity index (χ0n) is 12.4. The minimum atomic E-state index is -3.66. The van der Waals surface area contributed by atoms with E-state index < -0.39 is 16.0 Å². The number of carbonyl (C=O) groups is 1. The third-order valence-corrected chi connectivity index (χ3v) is 4.43. The zero-order valence-corrected chi connectivity index (χ0v) is 15.6. The predicted molar refractivity (Wildman–Crippen MR) is 91.1 cm³/mol. The Hall–Kier alpha value is -0.670. The van der Waals surface area contributed by atoms with Crippen LogP contribution in [0.15, 0.2) is 27.6 Å². The lowest BCUT2D eigenvalue weighted by Crippen LogP contribution is -2.31. The lowest BCUT2D eigenvalue weighted by molar-refractivity contribution is 0.0526. The number of hydrogen-bond acceptors (Lipinski definition) is 5. The van der Waals surface area contributed by atoms with Crippen molar-refractivity contribution >= 4 is 44.3 Å². The highest BCUT2D eigenvalue weighted by Gasteiger charge is 2.17. The molecule has 22 heavy (non-hydrogen) atoms. The van der Waals surface area contributed by atoms with Gasteiger partial charge in [0.2, 0.25) is 10.0 Å². The van der Waals surface area contributed by atoms with Crippen molar-refractivity contribution in [1.82, 2.24) is 10.0 Å². The second kappa shape index (κ2) is 10.2. The van der Waals surface area contributed by atoms with Gasteiger partial charge in [-0.1, -0.05) is 22.9 Å². The molecule has 2 N–H and O–H groups in total. The molecule has 1 rings (SSSR count). The SMILES string of the molecule is CCNCCNS(=O)(=O)c1cc(Br)cc(C(=O)OCC)c1.Cl. The molecule has 126 valence electrons. The molecular weight excluding hydrogens is 396 g/mol. The van der Waals surface area contributed by atoms with Gasteiger partial charge in [0.25, 0.3) is 0 Å².